The maximum atomic E-state index is 5.42. The molecule has 0 bridgehead atoms. The molecule has 3 rings (SSSR count). The van der Waals surface area contributed by atoms with Gasteiger partial charge in [-0.3, -0.25) is 0 Å². The van der Waals surface area contributed by atoms with Crippen molar-refractivity contribution in [2.45, 2.75) is 24.8 Å². The van der Waals surface area contributed by atoms with Crippen LogP contribution < -0.4 is 5.32 Å². The number of terminal acetylenes is 1. The topological polar surface area (TPSA) is 12.0 Å². The van der Waals surface area contributed by atoms with Gasteiger partial charge < -0.3 is 5.32 Å². The van der Waals surface area contributed by atoms with Gasteiger partial charge in [0.1, 0.15) is 0 Å². The van der Waals surface area contributed by atoms with Crippen LogP contribution in [0.5, 0.6) is 0 Å². The average Bonchev–Trinajstić information content (AvgIpc) is 2.43. The molecule has 2 aromatic rings. The first-order valence-corrected chi connectivity index (χ1v) is 6.73. The molecule has 2 aromatic carbocycles. The third kappa shape index (κ3) is 2.63. The van der Waals surface area contributed by atoms with E-state index in [2.05, 4.69) is 47.6 Å². The molecule has 0 aliphatic heterocycles. The van der Waals surface area contributed by atoms with Crippen molar-refractivity contribution >= 4 is 5.69 Å². The zero-order valence-electron chi connectivity index (χ0n) is 10.8. The normalized spacial score (nSPS) is 21.2. The maximum Gasteiger partial charge on any atom is 0.0354 e. The van der Waals surface area contributed by atoms with Crippen molar-refractivity contribution in [1.82, 2.24) is 0 Å². The summed E-state index contributed by atoms with van der Waals surface area (Å²) in [6.07, 6.45) is 7.81. The molecule has 0 aromatic heterocycles. The second-order valence-corrected chi connectivity index (χ2v) is 5.15. The van der Waals surface area contributed by atoms with E-state index >= 15 is 0 Å². The second-order valence-electron chi connectivity index (χ2n) is 5.15. The summed E-state index contributed by atoms with van der Waals surface area (Å²) in [7, 11) is 0. The monoisotopic (exact) mass is 247 g/mol. The van der Waals surface area contributed by atoms with Crippen molar-refractivity contribution in [1.29, 1.82) is 0 Å². The Morgan fingerprint density at radius 1 is 1.00 bits per heavy atom. The number of hydrogen-bond acceptors (Lipinski definition) is 1. The van der Waals surface area contributed by atoms with Gasteiger partial charge in [-0.15, -0.1) is 6.42 Å². The first-order chi connectivity index (χ1) is 9.35. The van der Waals surface area contributed by atoms with E-state index in [9.17, 15) is 0 Å². The van der Waals surface area contributed by atoms with Crippen LogP contribution >= 0.6 is 0 Å². The Hall–Kier alpha value is -2.20. The summed E-state index contributed by atoms with van der Waals surface area (Å²) < 4.78 is 0. The summed E-state index contributed by atoms with van der Waals surface area (Å²) in [5, 5.41) is 3.56. The molecule has 0 heterocycles. The molecule has 1 aliphatic rings. The summed E-state index contributed by atoms with van der Waals surface area (Å²) in [4.78, 5) is 0. The fourth-order valence-corrected chi connectivity index (χ4v) is 2.67. The molecular weight excluding hydrogens is 230 g/mol. The summed E-state index contributed by atoms with van der Waals surface area (Å²) in [6, 6.07) is 19.4. The average molecular weight is 247 g/mol. The van der Waals surface area contributed by atoms with Gasteiger partial charge in [-0.2, -0.15) is 0 Å². The SMILES string of the molecule is C#Cc1cccc(NC2CC(c3ccccc3)C2)c1. The van der Waals surface area contributed by atoms with E-state index < -0.39 is 0 Å². The minimum absolute atomic E-state index is 0.568. The van der Waals surface area contributed by atoms with Crippen LogP contribution in [0.3, 0.4) is 0 Å². The van der Waals surface area contributed by atoms with Gasteiger partial charge in [-0.1, -0.05) is 42.3 Å². The second kappa shape index (κ2) is 5.20. The molecule has 1 nitrogen and oxygen atoms in total. The van der Waals surface area contributed by atoms with Crippen molar-refractivity contribution in [3.8, 4) is 12.3 Å². The molecule has 94 valence electrons. The zero-order chi connectivity index (χ0) is 13.1. The molecule has 1 heteroatoms. The Morgan fingerprint density at radius 2 is 1.79 bits per heavy atom. The van der Waals surface area contributed by atoms with Crippen molar-refractivity contribution in [3.63, 3.8) is 0 Å². The van der Waals surface area contributed by atoms with Crippen LogP contribution in [0.4, 0.5) is 5.69 Å². The van der Waals surface area contributed by atoms with Crippen LogP contribution in [-0.4, -0.2) is 6.04 Å². The maximum absolute atomic E-state index is 5.42. The highest BCUT2D eigenvalue weighted by Gasteiger charge is 2.29. The molecule has 0 amide bonds. The van der Waals surface area contributed by atoms with Crippen LogP contribution in [0.25, 0.3) is 0 Å². The number of benzene rings is 2. The lowest BCUT2D eigenvalue weighted by molar-refractivity contribution is 0.374. The van der Waals surface area contributed by atoms with Gasteiger partial charge in [0.15, 0.2) is 0 Å². The Labute approximate surface area is 114 Å². The molecule has 19 heavy (non-hydrogen) atoms. The fraction of sp³-hybridized carbons (Fsp3) is 0.222. The summed E-state index contributed by atoms with van der Waals surface area (Å²) in [5.74, 6) is 3.37. The molecular formula is C18H17N. The van der Waals surface area contributed by atoms with E-state index in [0.29, 0.717) is 12.0 Å². The van der Waals surface area contributed by atoms with E-state index in [-0.39, 0.29) is 0 Å². The summed E-state index contributed by atoms with van der Waals surface area (Å²) >= 11 is 0. The van der Waals surface area contributed by atoms with Gasteiger partial charge >= 0.3 is 0 Å². The summed E-state index contributed by atoms with van der Waals surface area (Å²) in [6.45, 7) is 0. The molecule has 1 N–H and O–H groups in total. The molecule has 1 fully saturated rings. The molecule has 1 saturated carbocycles. The van der Waals surface area contributed by atoms with Crippen LogP contribution in [0.15, 0.2) is 54.6 Å². The van der Waals surface area contributed by atoms with Gasteiger partial charge in [0.05, 0.1) is 0 Å². The summed E-state index contributed by atoms with van der Waals surface area (Å²) in [5.41, 5.74) is 3.52. The lowest BCUT2D eigenvalue weighted by atomic mass is 9.76. The highest BCUT2D eigenvalue weighted by Crippen LogP contribution is 2.38. The van der Waals surface area contributed by atoms with Gasteiger partial charge in [-0.05, 0) is 42.5 Å². The predicted molar refractivity (Wildman–Crippen MR) is 80.2 cm³/mol. The number of anilines is 1. The van der Waals surface area contributed by atoms with Crippen molar-refractivity contribution < 1.29 is 0 Å². The molecule has 0 spiro atoms. The smallest absolute Gasteiger partial charge is 0.0354 e. The molecule has 0 unspecified atom stereocenters. The standard InChI is InChI=1S/C18H17N/c1-2-14-7-6-10-17(11-14)19-18-12-16(13-18)15-8-4-3-5-9-15/h1,3-11,16,18-19H,12-13H2. The Balaban J connectivity index is 1.58. The Bertz CT molecular complexity index is 589. The third-order valence-corrected chi connectivity index (χ3v) is 3.81. The number of hydrogen-bond donors (Lipinski definition) is 1. The van der Waals surface area contributed by atoms with Gasteiger partial charge in [0, 0.05) is 17.3 Å². The van der Waals surface area contributed by atoms with Crippen LogP contribution in [0.1, 0.15) is 29.9 Å². The van der Waals surface area contributed by atoms with E-state index in [1.165, 1.54) is 18.4 Å². The van der Waals surface area contributed by atoms with Crippen molar-refractivity contribution in [3.05, 3.63) is 65.7 Å². The largest absolute Gasteiger partial charge is 0.382 e. The van der Waals surface area contributed by atoms with E-state index in [4.69, 9.17) is 6.42 Å². The first-order valence-electron chi connectivity index (χ1n) is 6.73. The Kier molecular flexibility index (Phi) is 3.25. The van der Waals surface area contributed by atoms with Crippen LogP contribution in [0, 0.1) is 12.3 Å². The fourth-order valence-electron chi connectivity index (χ4n) is 2.67. The molecule has 0 atom stereocenters. The minimum atomic E-state index is 0.568. The van der Waals surface area contributed by atoms with Crippen LogP contribution in [0.2, 0.25) is 0 Å². The third-order valence-electron chi connectivity index (χ3n) is 3.81. The lowest BCUT2D eigenvalue weighted by Crippen LogP contribution is -2.33. The highest BCUT2D eigenvalue weighted by molar-refractivity contribution is 5.51. The molecule has 1 aliphatic carbocycles. The minimum Gasteiger partial charge on any atom is -0.382 e. The van der Waals surface area contributed by atoms with E-state index in [1.54, 1.807) is 0 Å². The van der Waals surface area contributed by atoms with E-state index in [0.717, 1.165) is 11.3 Å². The van der Waals surface area contributed by atoms with Crippen LogP contribution in [-0.2, 0) is 0 Å². The molecule has 0 saturated heterocycles. The van der Waals surface area contributed by atoms with Gasteiger partial charge in [-0.25, -0.2) is 0 Å². The number of nitrogens with one attached hydrogen (secondary N) is 1. The zero-order valence-corrected chi connectivity index (χ0v) is 10.8. The predicted octanol–water partition coefficient (Wildman–Crippen LogP) is 4.03. The molecule has 0 radical (unpaired) electrons. The van der Waals surface area contributed by atoms with Gasteiger partial charge in [0.25, 0.3) is 0 Å². The number of rotatable bonds is 3. The quantitative estimate of drug-likeness (QED) is 0.808. The van der Waals surface area contributed by atoms with Crippen molar-refractivity contribution in [2.75, 3.05) is 5.32 Å². The highest BCUT2D eigenvalue weighted by atomic mass is 14.9. The Morgan fingerprint density at radius 3 is 2.53 bits per heavy atom. The van der Waals surface area contributed by atoms with Gasteiger partial charge in [0.2, 0.25) is 0 Å². The van der Waals surface area contributed by atoms with E-state index in [1.807, 2.05) is 18.2 Å². The van der Waals surface area contributed by atoms with Crippen molar-refractivity contribution in [2.24, 2.45) is 0 Å². The first kappa shape index (κ1) is 11.9. The lowest BCUT2D eigenvalue weighted by Gasteiger charge is -2.37.